The largest absolute Gasteiger partial charge is 0.491 e. The molecule has 1 saturated heterocycles. The van der Waals surface area contributed by atoms with E-state index in [1.54, 1.807) is 12.1 Å². The predicted octanol–water partition coefficient (Wildman–Crippen LogP) is 2.82. The van der Waals surface area contributed by atoms with Crippen molar-refractivity contribution in [2.75, 3.05) is 19.7 Å². The molecule has 0 radical (unpaired) electrons. The van der Waals surface area contributed by atoms with Gasteiger partial charge < -0.3 is 10.5 Å². The van der Waals surface area contributed by atoms with Crippen LogP contribution in [0.1, 0.15) is 25.8 Å². The molecule has 0 spiro atoms. The third-order valence-corrected chi connectivity index (χ3v) is 3.76. The molecule has 2 N–H and O–H groups in total. The van der Waals surface area contributed by atoms with Gasteiger partial charge in [-0.3, -0.25) is 4.90 Å². The number of nitrogens with two attached hydrogens (primary N) is 1. The van der Waals surface area contributed by atoms with Crippen molar-refractivity contribution in [2.45, 2.75) is 32.9 Å². The third kappa shape index (κ3) is 4.33. The molecule has 5 heteroatoms. The van der Waals surface area contributed by atoms with E-state index >= 15 is 0 Å². The van der Waals surface area contributed by atoms with E-state index in [0.717, 1.165) is 31.6 Å². The second kappa shape index (κ2) is 7.81. The zero-order valence-electron chi connectivity index (χ0n) is 12.1. The Balaban J connectivity index is 0.00000200. The highest BCUT2D eigenvalue weighted by Gasteiger charge is 2.23. The lowest BCUT2D eigenvalue weighted by Crippen LogP contribution is -2.45. The lowest BCUT2D eigenvalue weighted by atomic mass is 9.94. The maximum atomic E-state index is 13.8. The molecule has 3 nitrogen and oxygen atoms in total. The van der Waals surface area contributed by atoms with Gasteiger partial charge in [0.2, 0.25) is 0 Å². The zero-order chi connectivity index (χ0) is 13.8. The van der Waals surface area contributed by atoms with Gasteiger partial charge in [0.15, 0.2) is 11.6 Å². The molecule has 1 fully saturated rings. The molecular formula is C15H24ClFN2O. The Morgan fingerprint density at radius 2 is 2.20 bits per heavy atom. The summed E-state index contributed by atoms with van der Waals surface area (Å²) in [5.74, 6) is 0.558. The van der Waals surface area contributed by atoms with E-state index in [4.69, 9.17) is 10.5 Å². The van der Waals surface area contributed by atoms with Gasteiger partial charge in [-0.25, -0.2) is 4.39 Å². The lowest BCUT2D eigenvalue weighted by molar-refractivity contribution is 0.157. The number of benzene rings is 1. The van der Waals surface area contributed by atoms with Crippen LogP contribution in [0, 0.1) is 11.7 Å². The smallest absolute Gasteiger partial charge is 0.165 e. The van der Waals surface area contributed by atoms with Crippen LogP contribution in [0.15, 0.2) is 18.2 Å². The molecule has 0 bridgehead atoms. The van der Waals surface area contributed by atoms with Crippen LogP contribution in [0.5, 0.6) is 5.75 Å². The summed E-state index contributed by atoms with van der Waals surface area (Å²) in [6.07, 6.45) is 1.01. The first-order chi connectivity index (χ1) is 9.10. The Morgan fingerprint density at radius 1 is 1.45 bits per heavy atom. The van der Waals surface area contributed by atoms with Crippen molar-refractivity contribution >= 4 is 12.4 Å². The van der Waals surface area contributed by atoms with Gasteiger partial charge in [-0.2, -0.15) is 0 Å². The van der Waals surface area contributed by atoms with Crippen molar-refractivity contribution in [1.29, 1.82) is 0 Å². The average molecular weight is 303 g/mol. The van der Waals surface area contributed by atoms with Gasteiger partial charge in [-0.05, 0) is 43.5 Å². The molecule has 20 heavy (non-hydrogen) atoms. The van der Waals surface area contributed by atoms with Crippen LogP contribution in [0.25, 0.3) is 0 Å². The van der Waals surface area contributed by atoms with Gasteiger partial charge in [-0.1, -0.05) is 13.0 Å². The van der Waals surface area contributed by atoms with Gasteiger partial charge in [0.05, 0.1) is 6.61 Å². The van der Waals surface area contributed by atoms with Crippen LogP contribution < -0.4 is 10.5 Å². The van der Waals surface area contributed by atoms with Gasteiger partial charge >= 0.3 is 0 Å². The van der Waals surface area contributed by atoms with Crippen molar-refractivity contribution in [2.24, 2.45) is 11.7 Å². The van der Waals surface area contributed by atoms with Crippen LogP contribution in [0.2, 0.25) is 0 Å². The number of rotatable bonds is 4. The summed E-state index contributed by atoms with van der Waals surface area (Å²) in [5, 5.41) is 0. The Morgan fingerprint density at radius 3 is 2.80 bits per heavy atom. The third-order valence-electron chi connectivity index (χ3n) is 3.76. The zero-order valence-corrected chi connectivity index (χ0v) is 13.0. The normalized spacial score (nSPS) is 23.2. The quantitative estimate of drug-likeness (QED) is 0.929. The summed E-state index contributed by atoms with van der Waals surface area (Å²) < 4.78 is 19.0. The number of piperidine rings is 1. The molecule has 1 aromatic rings. The van der Waals surface area contributed by atoms with Gasteiger partial charge in [-0.15, -0.1) is 12.4 Å². The van der Waals surface area contributed by atoms with Crippen LogP contribution in [-0.2, 0) is 6.54 Å². The van der Waals surface area contributed by atoms with Crippen molar-refractivity contribution in [3.05, 3.63) is 29.6 Å². The summed E-state index contributed by atoms with van der Waals surface area (Å²) in [6.45, 7) is 7.26. The summed E-state index contributed by atoms with van der Waals surface area (Å²) in [7, 11) is 0. The topological polar surface area (TPSA) is 38.5 Å². The summed E-state index contributed by atoms with van der Waals surface area (Å²) in [4.78, 5) is 2.34. The van der Waals surface area contributed by atoms with Crippen LogP contribution in [0.4, 0.5) is 4.39 Å². The molecule has 2 rings (SSSR count). The van der Waals surface area contributed by atoms with Crippen LogP contribution in [-0.4, -0.2) is 30.6 Å². The van der Waals surface area contributed by atoms with E-state index in [-0.39, 0.29) is 18.2 Å². The van der Waals surface area contributed by atoms with Crippen molar-refractivity contribution in [1.82, 2.24) is 4.90 Å². The molecular weight excluding hydrogens is 279 g/mol. The molecule has 0 amide bonds. The maximum absolute atomic E-state index is 13.8. The van der Waals surface area contributed by atoms with Crippen molar-refractivity contribution in [3.63, 3.8) is 0 Å². The Bertz CT molecular complexity index is 430. The van der Waals surface area contributed by atoms with Crippen molar-refractivity contribution in [3.8, 4) is 5.75 Å². The van der Waals surface area contributed by atoms with E-state index in [9.17, 15) is 4.39 Å². The Kier molecular flexibility index (Phi) is 6.72. The minimum absolute atomic E-state index is 0. The lowest BCUT2D eigenvalue weighted by Gasteiger charge is -2.35. The highest BCUT2D eigenvalue weighted by atomic mass is 35.5. The molecule has 1 aliphatic heterocycles. The molecule has 1 aliphatic rings. The van der Waals surface area contributed by atoms with Gasteiger partial charge in [0.25, 0.3) is 0 Å². The first-order valence-corrected chi connectivity index (χ1v) is 6.99. The molecule has 2 atom stereocenters. The number of halogens is 2. The van der Waals surface area contributed by atoms with E-state index in [1.807, 2.05) is 13.0 Å². The predicted molar refractivity (Wildman–Crippen MR) is 81.9 cm³/mol. The minimum atomic E-state index is -0.277. The monoisotopic (exact) mass is 302 g/mol. The van der Waals surface area contributed by atoms with E-state index in [0.29, 0.717) is 24.3 Å². The van der Waals surface area contributed by atoms with Crippen molar-refractivity contribution < 1.29 is 9.13 Å². The number of hydrogen-bond donors (Lipinski definition) is 1. The molecule has 2 unspecified atom stereocenters. The van der Waals surface area contributed by atoms with Gasteiger partial charge in [0.1, 0.15) is 0 Å². The summed E-state index contributed by atoms with van der Waals surface area (Å²) in [6, 6.07) is 5.53. The Labute approximate surface area is 126 Å². The Hall–Kier alpha value is -0.840. The minimum Gasteiger partial charge on any atom is -0.491 e. The molecule has 1 heterocycles. The van der Waals surface area contributed by atoms with E-state index < -0.39 is 0 Å². The number of hydrogen-bond acceptors (Lipinski definition) is 3. The van der Waals surface area contributed by atoms with Crippen LogP contribution in [0.3, 0.4) is 0 Å². The molecule has 0 saturated carbocycles. The second-order valence-corrected chi connectivity index (χ2v) is 5.36. The SMILES string of the molecule is CCOc1ccc(CN2CCC(N)C(C)C2)cc1F.Cl. The molecule has 1 aromatic carbocycles. The highest BCUT2D eigenvalue weighted by Crippen LogP contribution is 2.21. The fraction of sp³-hybridized carbons (Fsp3) is 0.600. The first kappa shape index (κ1) is 17.2. The van der Waals surface area contributed by atoms with Crippen LogP contribution >= 0.6 is 12.4 Å². The summed E-state index contributed by atoms with van der Waals surface area (Å²) >= 11 is 0. The molecule has 114 valence electrons. The highest BCUT2D eigenvalue weighted by molar-refractivity contribution is 5.85. The van der Waals surface area contributed by atoms with Gasteiger partial charge in [0, 0.05) is 19.1 Å². The van der Waals surface area contributed by atoms with E-state index in [1.165, 1.54) is 0 Å². The van der Waals surface area contributed by atoms with E-state index in [2.05, 4.69) is 11.8 Å². The first-order valence-electron chi connectivity index (χ1n) is 6.99. The maximum Gasteiger partial charge on any atom is 0.165 e. The fourth-order valence-corrected chi connectivity index (χ4v) is 2.57. The molecule has 0 aromatic heterocycles. The summed E-state index contributed by atoms with van der Waals surface area (Å²) in [5.41, 5.74) is 7.00. The standard InChI is InChI=1S/C15H23FN2O.ClH/c1-3-19-15-5-4-12(8-13(15)16)10-18-7-6-14(17)11(2)9-18;/h4-5,8,11,14H,3,6-7,9-10,17H2,1-2H3;1H. The average Bonchev–Trinajstić information content (AvgIpc) is 2.37. The molecule has 0 aliphatic carbocycles. The number of nitrogens with zero attached hydrogens (tertiary/aromatic N) is 1. The second-order valence-electron chi connectivity index (χ2n) is 5.36. The number of ether oxygens (including phenoxy) is 1. The number of likely N-dealkylation sites (tertiary alicyclic amines) is 1. The fourth-order valence-electron chi connectivity index (χ4n) is 2.57.